The van der Waals surface area contributed by atoms with Crippen LogP contribution in [-0.4, -0.2) is 11.7 Å². The minimum absolute atomic E-state index is 0.0317. The van der Waals surface area contributed by atoms with Crippen LogP contribution >= 0.6 is 0 Å². The van der Waals surface area contributed by atoms with Gasteiger partial charge in [0.25, 0.3) is 0 Å². The Morgan fingerprint density at radius 1 is 1.21 bits per heavy atom. The molecule has 1 aliphatic heterocycles. The number of rotatable bonds is 2. The molecule has 2 nitrogen and oxygen atoms in total. The predicted octanol–water partition coefficient (Wildman–Crippen LogP) is 3.66. The van der Waals surface area contributed by atoms with E-state index in [4.69, 9.17) is 0 Å². The number of nitrogens with zero attached hydrogens (tertiary/aromatic N) is 1. The Morgan fingerprint density at radius 3 is 2.79 bits per heavy atom. The first-order chi connectivity index (χ1) is 9.16. The summed E-state index contributed by atoms with van der Waals surface area (Å²) in [5.74, 6) is 0.0787. The van der Waals surface area contributed by atoms with Crippen LogP contribution in [0.1, 0.15) is 24.1 Å². The number of benzene rings is 2. The smallest absolute Gasteiger partial charge is 0.125 e. The van der Waals surface area contributed by atoms with Crippen LogP contribution in [0.25, 0.3) is 0 Å². The van der Waals surface area contributed by atoms with Crippen LogP contribution in [0.2, 0.25) is 0 Å². The maximum atomic E-state index is 13.4. The molecule has 1 aliphatic rings. The SMILES string of the molecule is CC(c1ccccc1O)N1CCc2ccc(F)cc21. The highest BCUT2D eigenvalue weighted by atomic mass is 19.1. The molecule has 0 fully saturated rings. The number of halogens is 1. The molecule has 1 atom stereocenters. The molecule has 1 unspecified atom stereocenters. The van der Waals surface area contributed by atoms with E-state index in [1.807, 2.05) is 31.2 Å². The quantitative estimate of drug-likeness (QED) is 0.887. The Morgan fingerprint density at radius 2 is 2.00 bits per heavy atom. The highest BCUT2D eigenvalue weighted by Gasteiger charge is 2.25. The number of phenols is 1. The molecule has 0 spiro atoms. The summed E-state index contributed by atoms with van der Waals surface area (Å²) in [4.78, 5) is 2.15. The zero-order chi connectivity index (χ0) is 13.4. The Labute approximate surface area is 112 Å². The molecule has 0 bridgehead atoms. The summed E-state index contributed by atoms with van der Waals surface area (Å²) >= 11 is 0. The molecule has 3 rings (SSSR count). The van der Waals surface area contributed by atoms with Crippen molar-refractivity contribution in [3.63, 3.8) is 0 Å². The van der Waals surface area contributed by atoms with Crippen molar-refractivity contribution < 1.29 is 9.50 Å². The summed E-state index contributed by atoms with van der Waals surface area (Å²) in [5.41, 5.74) is 2.99. The monoisotopic (exact) mass is 257 g/mol. The van der Waals surface area contributed by atoms with Crippen LogP contribution in [0.5, 0.6) is 5.75 Å². The lowest BCUT2D eigenvalue weighted by Gasteiger charge is -2.28. The minimum Gasteiger partial charge on any atom is -0.508 e. The Kier molecular flexibility index (Phi) is 2.90. The van der Waals surface area contributed by atoms with E-state index < -0.39 is 0 Å². The van der Waals surface area contributed by atoms with Crippen molar-refractivity contribution >= 4 is 5.69 Å². The lowest BCUT2D eigenvalue weighted by atomic mass is 10.1. The van der Waals surface area contributed by atoms with Gasteiger partial charge in [0.1, 0.15) is 11.6 Å². The van der Waals surface area contributed by atoms with Crippen LogP contribution in [0, 0.1) is 5.82 Å². The number of anilines is 1. The molecule has 98 valence electrons. The lowest BCUT2D eigenvalue weighted by Crippen LogP contribution is -2.24. The van der Waals surface area contributed by atoms with Gasteiger partial charge >= 0.3 is 0 Å². The summed E-state index contributed by atoms with van der Waals surface area (Å²) in [6, 6.07) is 12.3. The van der Waals surface area contributed by atoms with E-state index >= 15 is 0 Å². The van der Waals surface area contributed by atoms with E-state index in [1.54, 1.807) is 12.1 Å². The average Bonchev–Trinajstić information content (AvgIpc) is 2.81. The molecule has 0 radical (unpaired) electrons. The molecule has 1 N–H and O–H groups in total. The van der Waals surface area contributed by atoms with E-state index in [-0.39, 0.29) is 11.9 Å². The van der Waals surface area contributed by atoms with Gasteiger partial charge in [0.2, 0.25) is 0 Å². The van der Waals surface area contributed by atoms with Gasteiger partial charge in [-0.3, -0.25) is 0 Å². The minimum atomic E-state index is -0.213. The zero-order valence-corrected chi connectivity index (χ0v) is 10.8. The Balaban J connectivity index is 1.98. The van der Waals surface area contributed by atoms with Crippen LogP contribution in [-0.2, 0) is 6.42 Å². The summed E-state index contributed by atoms with van der Waals surface area (Å²) in [7, 11) is 0. The molecule has 0 saturated carbocycles. The average molecular weight is 257 g/mol. The molecule has 0 amide bonds. The van der Waals surface area contributed by atoms with Crippen molar-refractivity contribution in [1.29, 1.82) is 0 Å². The first-order valence-electron chi connectivity index (χ1n) is 6.50. The molecular weight excluding hydrogens is 241 g/mol. The number of fused-ring (bicyclic) bond motifs is 1. The van der Waals surface area contributed by atoms with Gasteiger partial charge in [-0.25, -0.2) is 4.39 Å². The fourth-order valence-corrected chi connectivity index (χ4v) is 2.79. The van der Waals surface area contributed by atoms with Gasteiger partial charge in [-0.15, -0.1) is 0 Å². The normalized spacial score (nSPS) is 15.4. The number of hydrogen-bond donors (Lipinski definition) is 1. The highest BCUT2D eigenvalue weighted by Crippen LogP contribution is 2.37. The van der Waals surface area contributed by atoms with Crippen molar-refractivity contribution in [3.05, 3.63) is 59.4 Å². The van der Waals surface area contributed by atoms with Gasteiger partial charge in [-0.05, 0) is 37.1 Å². The molecule has 2 aromatic carbocycles. The third kappa shape index (κ3) is 2.05. The van der Waals surface area contributed by atoms with Gasteiger partial charge in [-0.2, -0.15) is 0 Å². The summed E-state index contributed by atoms with van der Waals surface area (Å²) in [5, 5.41) is 9.94. The van der Waals surface area contributed by atoms with Crippen molar-refractivity contribution in [3.8, 4) is 5.75 Å². The second-order valence-electron chi connectivity index (χ2n) is 4.95. The maximum Gasteiger partial charge on any atom is 0.125 e. The van der Waals surface area contributed by atoms with Gasteiger partial charge in [0.15, 0.2) is 0 Å². The first kappa shape index (κ1) is 12.0. The number of hydrogen-bond acceptors (Lipinski definition) is 2. The van der Waals surface area contributed by atoms with Crippen molar-refractivity contribution in [2.24, 2.45) is 0 Å². The Bertz CT molecular complexity index is 611. The van der Waals surface area contributed by atoms with Crippen molar-refractivity contribution in [2.75, 3.05) is 11.4 Å². The van der Waals surface area contributed by atoms with E-state index in [1.165, 1.54) is 11.6 Å². The van der Waals surface area contributed by atoms with Gasteiger partial charge in [0.05, 0.1) is 6.04 Å². The van der Waals surface area contributed by atoms with Crippen LogP contribution in [0.3, 0.4) is 0 Å². The standard InChI is InChI=1S/C16H16FNO/c1-11(14-4-2-3-5-16(14)19)18-9-8-12-6-7-13(17)10-15(12)18/h2-7,10-11,19H,8-9H2,1H3. The summed E-state index contributed by atoms with van der Waals surface area (Å²) < 4.78 is 13.4. The predicted molar refractivity (Wildman–Crippen MR) is 74.0 cm³/mol. The van der Waals surface area contributed by atoms with Gasteiger partial charge in [0, 0.05) is 17.8 Å². The zero-order valence-electron chi connectivity index (χ0n) is 10.8. The van der Waals surface area contributed by atoms with Crippen LogP contribution < -0.4 is 4.90 Å². The van der Waals surface area contributed by atoms with Crippen molar-refractivity contribution in [2.45, 2.75) is 19.4 Å². The fourth-order valence-electron chi connectivity index (χ4n) is 2.79. The number of aromatic hydroxyl groups is 1. The lowest BCUT2D eigenvalue weighted by molar-refractivity contribution is 0.461. The van der Waals surface area contributed by atoms with Crippen molar-refractivity contribution in [1.82, 2.24) is 0 Å². The molecule has 3 heteroatoms. The Hall–Kier alpha value is -2.03. The van der Waals surface area contributed by atoms with E-state index in [2.05, 4.69) is 4.90 Å². The molecule has 19 heavy (non-hydrogen) atoms. The molecule has 0 aromatic heterocycles. The number of para-hydroxylation sites is 1. The van der Waals surface area contributed by atoms with E-state index in [0.29, 0.717) is 5.75 Å². The third-order valence-electron chi connectivity index (χ3n) is 3.83. The second kappa shape index (κ2) is 4.57. The molecule has 2 aromatic rings. The number of phenolic OH excluding ortho intramolecular Hbond substituents is 1. The van der Waals surface area contributed by atoms with Gasteiger partial charge in [-0.1, -0.05) is 24.3 Å². The molecular formula is C16H16FNO. The third-order valence-corrected chi connectivity index (χ3v) is 3.83. The van der Waals surface area contributed by atoms with Crippen LogP contribution in [0.4, 0.5) is 10.1 Å². The highest BCUT2D eigenvalue weighted by molar-refractivity contribution is 5.60. The largest absolute Gasteiger partial charge is 0.508 e. The molecule has 1 heterocycles. The van der Waals surface area contributed by atoms with E-state index in [0.717, 1.165) is 24.2 Å². The fraction of sp³-hybridized carbons (Fsp3) is 0.250. The molecule has 0 aliphatic carbocycles. The van der Waals surface area contributed by atoms with Gasteiger partial charge < -0.3 is 10.0 Å². The summed E-state index contributed by atoms with van der Waals surface area (Å²) in [6.07, 6.45) is 0.924. The van der Waals surface area contributed by atoms with E-state index in [9.17, 15) is 9.50 Å². The topological polar surface area (TPSA) is 23.5 Å². The first-order valence-corrected chi connectivity index (χ1v) is 6.50. The molecule has 0 saturated heterocycles. The maximum absolute atomic E-state index is 13.4. The summed E-state index contributed by atoms with van der Waals surface area (Å²) in [6.45, 7) is 2.89. The second-order valence-corrected chi connectivity index (χ2v) is 4.95. The van der Waals surface area contributed by atoms with Crippen LogP contribution in [0.15, 0.2) is 42.5 Å².